The molecule has 0 amide bonds. The molecule has 0 aliphatic heterocycles. The molecule has 0 aliphatic carbocycles. The van der Waals surface area contributed by atoms with Gasteiger partial charge in [-0.25, -0.2) is 15.0 Å². The van der Waals surface area contributed by atoms with E-state index in [9.17, 15) is 0 Å². The maximum Gasteiger partial charge on any atom is 0.164 e. The van der Waals surface area contributed by atoms with Crippen LogP contribution >= 0.6 is 11.3 Å². The van der Waals surface area contributed by atoms with Gasteiger partial charge in [-0.05, 0) is 75.8 Å². The van der Waals surface area contributed by atoms with E-state index in [1.807, 2.05) is 24.3 Å². The molecule has 12 rings (SSSR count). The SMILES string of the molecule is c1ccc(-c2ccc(-c3nc(-c4ccccc4)nc(-c4ccc5c(c4)sc4ccc(-c6ccccc6-c6ccc7c8ccccc8n(-c8ccccc8)c7c6)cc45)n3)cc2)cc1. The number of rotatable bonds is 7. The van der Waals surface area contributed by atoms with Crippen molar-refractivity contribution in [1.29, 1.82) is 0 Å². The molecule has 62 heavy (non-hydrogen) atoms. The van der Waals surface area contributed by atoms with Crippen molar-refractivity contribution in [3.05, 3.63) is 218 Å². The van der Waals surface area contributed by atoms with Gasteiger partial charge in [-0.3, -0.25) is 0 Å². The van der Waals surface area contributed by atoms with Crippen LogP contribution in [0.25, 0.3) is 115 Å². The van der Waals surface area contributed by atoms with Crippen LogP contribution in [0.5, 0.6) is 0 Å². The molecule has 3 heterocycles. The Morgan fingerprint density at radius 1 is 0.290 bits per heavy atom. The molecule has 9 aromatic carbocycles. The second kappa shape index (κ2) is 14.9. The number of hydrogen-bond donors (Lipinski definition) is 0. The molecule has 12 aromatic rings. The predicted octanol–water partition coefficient (Wildman–Crippen LogP) is 15.3. The predicted molar refractivity (Wildman–Crippen MR) is 260 cm³/mol. The highest BCUT2D eigenvalue weighted by Crippen LogP contribution is 2.42. The van der Waals surface area contributed by atoms with E-state index in [1.54, 1.807) is 11.3 Å². The zero-order valence-corrected chi connectivity index (χ0v) is 34.3. The Labute approximate surface area is 362 Å². The van der Waals surface area contributed by atoms with Gasteiger partial charge in [-0.15, -0.1) is 11.3 Å². The Bertz CT molecular complexity index is 3610. The monoisotopic (exact) mass is 808 g/mol. The van der Waals surface area contributed by atoms with E-state index in [-0.39, 0.29) is 0 Å². The lowest BCUT2D eigenvalue weighted by atomic mass is 9.93. The summed E-state index contributed by atoms with van der Waals surface area (Å²) in [6.45, 7) is 0. The molecular formula is C57H36N4S. The van der Waals surface area contributed by atoms with Crippen molar-refractivity contribution in [3.8, 4) is 73.2 Å². The fourth-order valence-corrected chi connectivity index (χ4v) is 9.98. The fraction of sp³-hybridized carbons (Fsp3) is 0. The number of hydrogen-bond acceptors (Lipinski definition) is 4. The van der Waals surface area contributed by atoms with Crippen molar-refractivity contribution in [3.63, 3.8) is 0 Å². The van der Waals surface area contributed by atoms with Gasteiger partial charge >= 0.3 is 0 Å². The van der Waals surface area contributed by atoms with Crippen LogP contribution in [-0.4, -0.2) is 19.5 Å². The molecule has 0 bridgehead atoms. The van der Waals surface area contributed by atoms with E-state index >= 15 is 0 Å². The Balaban J connectivity index is 0.935. The van der Waals surface area contributed by atoms with Crippen molar-refractivity contribution in [2.75, 3.05) is 0 Å². The fourth-order valence-electron chi connectivity index (χ4n) is 8.86. The van der Waals surface area contributed by atoms with Crippen LogP contribution in [0.15, 0.2) is 218 Å². The van der Waals surface area contributed by atoms with Gasteiger partial charge in [0.15, 0.2) is 17.5 Å². The lowest BCUT2D eigenvalue weighted by Gasteiger charge is -2.12. The molecule has 0 saturated carbocycles. The van der Waals surface area contributed by atoms with E-state index in [0.717, 1.165) is 27.9 Å². The van der Waals surface area contributed by atoms with Crippen LogP contribution in [-0.2, 0) is 0 Å². The van der Waals surface area contributed by atoms with Crippen molar-refractivity contribution in [2.45, 2.75) is 0 Å². The molecule has 0 fully saturated rings. The molecule has 3 aromatic heterocycles. The number of thiophene rings is 1. The average molecular weight is 809 g/mol. The molecule has 0 N–H and O–H groups in total. The van der Waals surface area contributed by atoms with Gasteiger partial charge in [0, 0.05) is 53.3 Å². The van der Waals surface area contributed by atoms with E-state index in [0.29, 0.717) is 17.5 Å². The van der Waals surface area contributed by atoms with Crippen LogP contribution in [0, 0.1) is 0 Å². The summed E-state index contributed by atoms with van der Waals surface area (Å²) in [5.74, 6) is 1.95. The molecule has 4 nitrogen and oxygen atoms in total. The molecule has 0 aliphatic rings. The third-order valence-corrected chi connectivity index (χ3v) is 13.0. The number of fused-ring (bicyclic) bond motifs is 6. The van der Waals surface area contributed by atoms with E-state index in [1.165, 1.54) is 69.8 Å². The summed E-state index contributed by atoms with van der Waals surface area (Å²) in [7, 11) is 0. The second-order valence-electron chi connectivity index (χ2n) is 15.6. The zero-order valence-electron chi connectivity index (χ0n) is 33.5. The van der Waals surface area contributed by atoms with E-state index < -0.39 is 0 Å². The summed E-state index contributed by atoms with van der Waals surface area (Å²) in [5.41, 5.74) is 13.5. The summed E-state index contributed by atoms with van der Waals surface area (Å²) >= 11 is 1.80. The maximum atomic E-state index is 5.09. The summed E-state index contributed by atoms with van der Waals surface area (Å²) < 4.78 is 4.82. The normalized spacial score (nSPS) is 11.5. The first-order valence-corrected chi connectivity index (χ1v) is 21.7. The van der Waals surface area contributed by atoms with Crippen LogP contribution in [0.3, 0.4) is 0 Å². The summed E-state index contributed by atoms with van der Waals surface area (Å²) in [6, 6.07) is 77.6. The van der Waals surface area contributed by atoms with Crippen molar-refractivity contribution >= 4 is 53.3 Å². The van der Waals surface area contributed by atoms with Gasteiger partial charge in [-0.2, -0.15) is 0 Å². The third kappa shape index (κ3) is 6.26. The van der Waals surface area contributed by atoms with Crippen molar-refractivity contribution < 1.29 is 0 Å². The molecular weight excluding hydrogens is 773 g/mol. The van der Waals surface area contributed by atoms with E-state index in [2.05, 4.69) is 199 Å². The average Bonchev–Trinajstić information content (AvgIpc) is 3.89. The first-order chi connectivity index (χ1) is 30.7. The summed E-state index contributed by atoms with van der Waals surface area (Å²) in [6.07, 6.45) is 0. The standard InChI is InChI=1S/C57H36N4S/c1-4-14-37(15-5-1)38-24-26-40(27-25-38)56-58-55(39-16-6-2-7-17-39)59-57(60-56)43-29-32-49-50-34-41(30-33-53(50)62-54(49)36-43)45-20-10-11-21-46(45)42-28-31-48-47-22-12-13-23-51(47)61(52(48)35-42)44-18-8-3-9-19-44/h1-36H. The minimum absolute atomic E-state index is 0.647. The molecule has 5 heteroatoms. The van der Waals surface area contributed by atoms with Gasteiger partial charge in [0.25, 0.3) is 0 Å². The Morgan fingerprint density at radius 3 is 1.50 bits per heavy atom. The van der Waals surface area contributed by atoms with Gasteiger partial charge in [0.1, 0.15) is 0 Å². The lowest BCUT2D eigenvalue weighted by Crippen LogP contribution is -2.00. The Kier molecular flexibility index (Phi) is 8.65. The molecule has 0 spiro atoms. The number of benzene rings is 9. The van der Waals surface area contributed by atoms with Gasteiger partial charge in [0.05, 0.1) is 11.0 Å². The molecule has 290 valence electrons. The minimum atomic E-state index is 0.647. The van der Waals surface area contributed by atoms with Gasteiger partial charge in [0.2, 0.25) is 0 Å². The quantitative estimate of drug-likeness (QED) is 0.161. The topological polar surface area (TPSA) is 43.6 Å². The second-order valence-corrected chi connectivity index (χ2v) is 16.7. The number of aromatic nitrogens is 4. The smallest absolute Gasteiger partial charge is 0.164 e. The highest BCUT2D eigenvalue weighted by atomic mass is 32.1. The first kappa shape index (κ1) is 35.9. The Hall–Kier alpha value is -7.99. The molecule has 0 unspecified atom stereocenters. The first-order valence-electron chi connectivity index (χ1n) is 20.8. The largest absolute Gasteiger partial charge is 0.309 e. The van der Waals surface area contributed by atoms with Gasteiger partial charge < -0.3 is 4.57 Å². The maximum absolute atomic E-state index is 5.09. The molecule has 0 saturated heterocycles. The number of nitrogens with zero attached hydrogens (tertiary/aromatic N) is 4. The van der Waals surface area contributed by atoms with Crippen LogP contribution in [0.1, 0.15) is 0 Å². The van der Waals surface area contributed by atoms with Crippen molar-refractivity contribution in [1.82, 2.24) is 19.5 Å². The lowest BCUT2D eigenvalue weighted by molar-refractivity contribution is 1.07. The number of para-hydroxylation sites is 2. The molecule has 0 atom stereocenters. The summed E-state index contributed by atoms with van der Waals surface area (Å²) in [4.78, 5) is 15.1. The highest BCUT2D eigenvalue weighted by Gasteiger charge is 2.17. The van der Waals surface area contributed by atoms with Crippen LogP contribution < -0.4 is 0 Å². The van der Waals surface area contributed by atoms with Crippen molar-refractivity contribution in [2.24, 2.45) is 0 Å². The van der Waals surface area contributed by atoms with E-state index in [4.69, 9.17) is 15.0 Å². The zero-order chi connectivity index (χ0) is 41.0. The highest BCUT2D eigenvalue weighted by molar-refractivity contribution is 7.25. The van der Waals surface area contributed by atoms with Crippen LogP contribution in [0.2, 0.25) is 0 Å². The Morgan fingerprint density at radius 2 is 0.774 bits per heavy atom. The molecule has 0 radical (unpaired) electrons. The van der Waals surface area contributed by atoms with Crippen LogP contribution in [0.4, 0.5) is 0 Å². The summed E-state index contributed by atoms with van der Waals surface area (Å²) in [5, 5.41) is 4.96. The minimum Gasteiger partial charge on any atom is -0.309 e. The van der Waals surface area contributed by atoms with Gasteiger partial charge in [-0.1, -0.05) is 176 Å². The third-order valence-electron chi connectivity index (χ3n) is 11.9.